The Balaban J connectivity index is 1.70. The van der Waals surface area contributed by atoms with Gasteiger partial charge in [0.05, 0.1) is 12.3 Å². The molecule has 0 aromatic carbocycles. The standard InChI is InChI=1S/C17H22N4O2S2/c1-3-18-13(22)8-21(4-2)14(23)9-24-16-15-11-6-5-7-12(11)25-17(15)20-10-19-16/h10H,3-9H2,1-2H3,(H,18,22). The summed E-state index contributed by atoms with van der Waals surface area (Å²) in [7, 11) is 0. The van der Waals surface area contributed by atoms with Gasteiger partial charge in [-0.3, -0.25) is 9.59 Å². The lowest BCUT2D eigenvalue weighted by atomic mass is 10.2. The molecule has 2 aromatic rings. The van der Waals surface area contributed by atoms with Crippen LogP contribution in [0.5, 0.6) is 0 Å². The number of aryl methyl sites for hydroxylation is 2. The van der Waals surface area contributed by atoms with Gasteiger partial charge in [-0.15, -0.1) is 11.3 Å². The predicted molar refractivity (Wildman–Crippen MR) is 101 cm³/mol. The number of amides is 2. The van der Waals surface area contributed by atoms with Crippen LogP contribution in [-0.4, -0.2) is 52.1 Å². The van der Waals surface area contributed by atoms with E-state index in [1.165, 1.54) is 28.6 Å². The van der Waals surface area contributed by atoms with Crippen LogP contribution in [0.3, 0.4) is 0 Å². The molecule has 0 radical (unpaired) electrons. The normalized spacial score (nSPS) is 13.0. The van der Waals surface area contributed by atoms with Gasteiger partial charge in [-0.05, 0) is 38.7 Å². The quantitative estimate of drug-likeness (QED) is 0.591. The van der Waals surface area contributed by atoms with Gasteiger partial charge in [-0.25, -0.2) is 9.97 Å². The molecule has 0 unspecified atom stereocenters. The van der Waals surface area contributed by atoms with Crippen molar-refractivity contribution in [2.75, 3.05) is 25.4 Å². The molecule has 1 aliphatic rings. The number of fused-ring (bicyclic) bond motifs is 3. The number of thiophene rings is 1. The summed E-state index contributed by atoms with van der Waals surface area (Å²) in [5.41, 5.74) is 1.37. The van der Waals surface area contributed by atoms with E-state index in [1.807, 2.05) is 13.8 Å². The first-order valence-corrected chi connectivity index (χ1v) is 10.4. The molecule has 8 heteroatoms. The number of thioether (sulfide) groups is 1. The van der Waals surface area contributed by atoms with Gasteiger partial charge in [0.2, 0.25) is 11.8 Å². The highest BCUT2D eigenvalue weighted by Gasteiger charge is 2.22. The third-order valence-electron chi connectivity index (χ3n) is 4.24. The van der Waals surface area contributed by atoms with Crippen molar-refractivity contribution in [1.29, 1.82) is 0 Å². The fourth-order valence-corrected chi connectivity index (χ4v) is 5.26. The van der Waals surface area contributed by atoms with Crippen molar-refractivity contribution in [3.8, 4) is 0 Å². The number of nitrogens with zero attached hydrogens (tertiary/aromatic N) is 3. The van der Waals surface area contributed by atoms with Crippen molar-refractivity contribution in [2.45, 2.75) is 38.1 Å². The number of rotatable bonds is 7. The average Bonchev–Trinajstić information content (AvgIpc) is 3.18. The van der Waals surface area contributed by atoms with E-state index < -0.39 is 0 Å². The van der Waals surface area contributed by atoms with E-state index in [-0.39, 0.29) is 24.1 Å². The van der Waals surface area contributed by atoms with Crippen molar-refractivity contribution < 1.29 is 9.59 Å². The summed E-state index contributed by atoms with van der Waals surface area (Å²) in [6.45, 7) is 4.95. The minimum Gasteiger partial charge on any atom is -0.355 e. The third-order valence-corrected chi connectivity index (χ3v) is 6.42. The zero-order valence-corrected chi connectivity index (χ0v) is 16.1. The first kappa shape index (κ1) is 18.1. The molecule has 1 aliphatic carbocycles. The molecular formula is C17H22N4O2S2. The molecule has 1 N–H and O–H groups in total. The van der Waals surface area contributed by atoms with Crippen LogP contribution in [0.1, 0.15) is 30.7 Å². The molecule has 2 heterocycles. The molecule has 0 bridgehead atoms. The molecule has 2 aromatic heterocycles. The summed E-state index contributed by atoms with van der Waals surface area (Å²) < 4.78 is 0. The van der Waals surface area contributed by atoms with Crippen LogP contribution in [0.2, 0.25) is 0 Å². The maximum absolute atomic E-state index is 12.5. The first-order chi connectivity index (χ1) is 12.1. The Morgan fingerprint density at radius 3 is 2.92 bits per heavy atom. The lowest BCUT2D eigenvalue weighted by molar-refractivity contribution is -0.133. The third kappa shape index (κ3) is 3.95. The van der Waals surface area contributed by atoms with Gasteiger partial charge in [0, 0.05) is 23.4 Å². The average molecular weight is 379 g/mol. The van der Waals surface area contributed by atoms with Crippen molar-refractivity contribution in [2.24, 2.45) is 0 Å². The van der Waals surface area contributed by atoms with Crippen LogP contribution >= 0.6 is 23.1 Å². The van der Waals surface area contributed by atoms with Crippen LogP contribution in [0.25, 0.3) is 10.2 Å². The number of nitrogens with one attached hydrogen (secondary N) is 1. The second-order valence-corrected chi connectivity index (χ2v) is 7.91. The van der Waals surface area contributed by atoms with Gasteiger partial charge < -0.3 is 10.2 Å². The second kappa shape index (κ2) is 8.14. The molecular weight excluding hydrogens is 356 g/mol. The monoisotopic (exact) mass is 378 g/mol. The number of hydrogen-bond donors (Lipinski definition) is 1. The second-order valence-electron chi connectivity index (χ2n) is 5.87. The summed E-state index contributed by atoms with van der Waals surface area (Å²) in [5.74, 6) is 0.115. The maximum Gasteiger partial charge on any atom is 0.239 e. The van der Waals surface area contributed by atoms with E-state index in [4.69, 9.17) is 0 Å². The molecule has 25 heavy (non-hydrogen) atoms. The van der Waals surface area contributed by atoms with Crippen LogP contribution in [-0.2, 0) is 22.4 Å². The fraction of sp³-hybridized carbons (Fsp3) is 0.529. The summed E-state index contributed by atoms with van der Waals surface area (Å²) in [4.78, 5) is 37.0. The molecule has 134 valence electrons. The Kier molecular flexibility index (Phi) is 5.90. The van der Waals surface area contributed by atoms with Crippen molar-refractivity contribution in [3.05, 3.63) is 16.8 Å². The Morgan fingerprint density at radius 2 is 2.16 bits per heavy atom. The maximum atomic E-state index is 12.5. The number of carbonyl (C=O) groups excluding carboxylic acids is 2. The highest BCUT2D eigenvalue weighted by atomic mass is 32.2. The van der Waals surface area contributed by atoms with Crippen molar-refractivity contribution >= 4 is 45.1 Å². The lowest BCUT2D eigenvalue weighted by Gasteiger charge is -2.20. The van der Waals surface area contributed by atoms with Gasteiger partial charge in [-0.1, -0.05) is 11.8 Å². The number of hydrogen-bond acceptors (Lipinski definition) is 6. The molecule has 0 spiro atoms. The highest BCUT2D eigenvalue weighted by molar-refractivity contribution is 8.00. The van der Waals surface area contributed by atoms with E-state index in [0.717, 1.165) is 28.1 Å². The Bertz CT molecular complexity index is 790. The molecule has 0 atom stereocenters. The number of likely N-dealkylation sites (N-methyl/N-ethyl adjacent to an activating group) is 2. The first-order valence-electron chi connectivity index (χ1n) is 8.56. The SMILES string of the molecule is CCNC(=O)CN(CC)C(=O)CSc1ncnc2sc3c(c12)CCC3. The van der Waals surface area contributed by atoms with Crippen LogP contribution in [0, 0.1) is 0 Å². The van der Waals surface area contributed by atoms with E-state index >= 15 is 0 Å². The fourth-order valence-electron chi connectivity index (χ4n) is 3.03. The topological polar surface area (TPSA) is 75.2 Å². The molecule has 3 rings (SSSR count). The molecule has 0 saturated heterocycles. The van der Waals surface area contributed by atoms with Crippen molar-refractivity contribution in [1.82, 2.24) is 20.2 Å². The summed E-state index contributed by atoms with van der Waals surface area (Å²) in [6, 6.07) is 0. The molecule has 0 fully saturated rings. The van der Waals surface area contributed by atoms with Crippen LogP contribution in [0.15, 0.2) is 11.4 Å². The molecule has 0 aliphatic heterocycles. The Labute approximate surface area is 155 Å². The van der Waals surface area contributed by atoms with E-state index in [9.17, 15) is 9.59 Å². The van der Waals surface area contributed by atoms with Gasteiger partial charge in [-0.2, -0.15) is 0 Å². The van der Waals surface area contributed by atoms with Crippen molar-refractivity contribution in [3.63, 3.8) is 0 Å². The van der Waals surface area contributed by atoms with Gasteiger partial charge in [0.25, 0.3) is 0 Å². The predicted octanol–water partition coefficient (Wildman–Crippen LogP) is 2.26. The smallest absolute Gasteiger partial charge is 0.239 e. The largest absolute Gasteiger partial charge is 0.355 e. The highest BCUT2D eigenvalue weighted by Crippen LogP contribution is 2.39. The van der Waals surface area contributed by atoms with Gasteiger partial charge in [0.1, 0.15) is 16.2 Å². The lowest BCUT2D eigenvalue weighted by Crippen LogP contribution is -2.41. The number of aromatic nitrogens is 2. The zero-order chi connectivity index (χ0) is 17.8. The molecule has 2 amide bonds. The molecule has 0 saturated carbocycles. The summed E-state index contributed by atoms with van der Waals surface area (Å²) >= 11 is 3.19. The molecule has 6 nitrogen and oxygen atoms in total. The Morgan fingerprint density at radius 1 is 1.32 bits per heavy atom. The Hall–Kier alpha value is -1.67. The zero-order valence-electron chi connectivity index (χ0n) is 14.5. The minimum absolute atomic E-state index is 0.0441. The van der Waals surface area contributed by atoms with E-state index in [1.54, 1.807) is 22.6 Å². The van der Waals surface area contributed by atoms with E-state index in [2.05, 4.69) is 15.3 Å². The summed E-state index contributed by atoms with van der Waals surface area (Å²) in [5, 5.41) is 4.74. The van der Waals surface area contributed by atoms with E-state index in [0.29, 0.717) is 13.1 Å². The van der Waals surface area contributed by atoms with Crippen LogP contribution < -0.4 is 5.32 Å². The minimum atomic E-state index is -0.122. The van der Waals surface area contributed by atoms with Gasteiger partial charge >= 0.3 is 0 Å². The number of carbonyl (C=O) groups is 2. The van der Waals surface area contributed by atoms with Crippen LogP contribution in [0.4, 0.5) is 0 Å². The van der Waals surface area contributed by atoms with Gasteiger partial charge in [0.15, 0.2) is 0 Å². The summed E-state index contributed by atoms with van der Waals surface area (Å²) in [6.07, 6.45) is 4.95.